The van der Waals surface area contributed by atoms with Crippen LogP contribution in [0.4, 0.5) is 5.82 Å². The van der Waals surface area contributed by atoms with Crippen LogP contribution in [0.25, 0.3) is 0 Å². The van der Waals surface area contributed by atoms with Gasteiger partial charge in [-0.25, -0.2) is 4.98 Å². The average molecular weight is 289 g/mol. The van der Waals surface area contributed by atoms with Crippen LogP contribution in [0.3, 0.4) is 0 Å². The molecule has 1 N–H and O–H groups in total. The molecule has 0 saturated heterocycles. The maximum Gasteiger partial charge on any atom is 0.323 e. The summed E-state index contributed by atoms with van der Waals surface area (Å²) < 4.78 is 4.93. The minimum Gasteiger partial charge on any atom is -0.480 e. The number of likely N-dealkylation sites (N-methyl/N-ethyl adjacent to an activating group) is 1. The fourth-order valence-corrected chi connectivity index (χ4v) is 1.62. The van der Waals surface area contributed by atoms with Crippen LogP contribution in [0.5, 0.6) is 6.01 Å². The van der Waals surface area contributed by atoms with E-state index in [9.17, 15) is 4.79 Å². The molecule has 0 fully saturated rings. The van der Waals surface area contributed by atoms with Gasteiger partial charge in [0.2, 0.25) is 0 Å². The Labute approximate surface area is 116 Å². The lowest BCUT2D eigenvalue weighted by atomic mass is 10.4. The first kappa shape index (κ1) is 15.5. The zero-order valence-electron chi connectivity index (χ0n) is 11.1. The Balaban J connectivity index is 2.97. The summed E-state index contributed by atoms with van der Waals surface area (Å²) in [4.78, 5) is 22.4. The van der Waals surface area contributed by atoms with Crippen molar-refractivity contribution >= 4 is 23.4 Å². The molecule has 0 aromatic carbocycles. The van der Waals surface area contributed by atoms with Crippen molar-refractivity contribution in [3.8, 4) is 6.01 Å². The van der Waals surface area contributed by atoms with Crippen molar-refractivity contribution in [2.24, 2.45) is 0 Å². The fraction of sp³-hybridized carbons (Fsp3) is 0.545. The number of hydrogen-bond donors (Lipinski definition) is 1. The largest absolute Gasteiger partial charge is 0.480 e. The van der Waals surface area contributed by atoms with Gasteiger partial charge in [-0.05, 0) is 14.1 Å². The zero-order chi connectivity index (χ0) is 14.4. The summed E-state index contributed by atoms with van der Waals surface area (Å²) in [6.07, 6.45) is 1.40. The van der Waals surface area contributed by atoms with Crippen molar-refractivity contribution in [3.05, 3.63) is 11.2 Å². The summed E-state index contributed by atoms with van der Waals surface area (Å²) in [6, 6.07) is 0.152. The molecule has 0 amide bonds. The van der Waals surface area contributed by atoms with Crippen LogP contribution in [0, 0.1) is 0 Å². The summed E-state index contributed by atoms with van der Waals surface area (Å²) in [7, 11) is 5.25. The van der Waals surface area contributed by atoms with Crippen LogP contribution in [-0.4, -0.2) is 66.8 Å². The molecular formula is C11H17ClN4O3. The van der Waals surface area contributed by atoms with Gasteiger partial charge in [0.05, 0.1) is 13.3 Å². The van der Waals surface area contributed by atoms with Crippen LogP contribution in [0.15, 0.2) is 6.20 Å². The third kappa shape index (κ3) is 4.88. The maximum atomic E-state index is 10.9. The monoisotopic (exact) mass is 288 g/mol. The van der Waals surface area contributed by atoms with Crippen LogP contribution in [0.1, 0.15) is 0 Å². The third-order valence-corrected chi connectivity index (χ3v) is 2.60. The van der Waals surface area contributed by atoms with E-state index >= 15 is 0 Å². The smallest absolute Gasteiger partial charge is 0.323 e. The summed E-state index contributed by atoms with van der Waals surface area (Å²) in [5.41, 5.74) is 0. The van der Waals surface area contributed by atoms with Crippen molar-refractivity contribution in [1.29, 1.82) is 0 Å². The van der Waals surface area contributed by atoms with Crippen molar-refractivity contribution in [2.75, 3.05) is 45.7 Å². The minimum atomic E-state index is -0.951. The number of rotatable bonds is 7. The van der Waals surface area contributed by atoms with E-state index in [1.54, 1.807) is 4.90 Å². The van der Waals surface area contributed by atoms with E-state index in [0.29, 0.717) is 23.9 Å². The second-order valence-electron chi connectivity index (χ2n) is 4.15. The van der Waals surface area contributed by atoms with Gasteiger partial charge < -0.3 is 19.6 Å². The van der Waals surface area contributed by atoms with Gasteiger partial charge in [0, 0.05) is 13.1 Å². The van der Waals surface area contributed by atoms with E-state index in [-0.39, 0.29) is 12.6 Å². The van der Waals surface area contributed by atoms with E-state index in [1.165, 1.54) is 13.3 Å². The SMILES string of the molecule is COc1ncc(Cl)c(N(CCN(C)C)CC(=O)O)n1. The minimum absolute atomic E-state index is 0.152. The number of carboxylic acids is 1. The average Bonchev–Trinajstić information content (AvgIpc) is 2.34. The Morgan fingerprint density at radius 1 is 1.47 bits per heavy atom. The second-order valence-corrected chi connectivity index (χ2v) is 4.55. The van der Waals surface area contributed by atoms with Gasteiger partial charge >= 0.3 is 12.0 Å². The van der Waals surface area contributed by atoms with Crippen molar-refractivity contribution in [1.82, 2.24) is 14.9 Å². The molecule has 0 unspecified atom stereocenters. The molecule has 1 aromatic heterocycles. The molecule has 0 bridgehead atoms. The zero-order valence-corrected chi connectivity index (χ0v) is 11.9. The molecule has 7 nitrogen and oxygen atoms in total. The fourth-order valence-electron chi connectivity index (χ4n) is 1.41. The Morgan fingerprint density at radius 2 is 2.16 bits per heavy atom. The highest BCUT2D eigenvalue weighted by atomic mass is 35.5. The van der Waals surface area contributed by atoms with Crippen LogP contribution >= 0.6 is 11.6 Å². The van der Waals surface area contributed by atoms with Gasteiger partial charge in [-0.3, -0.25) is 4.79 Å². The first-order valence-corrected chi connectivity index (χ1v) is 6.00. The van der Waals surface area contributed by atoms with Gasteiger partial charge in [0.15, 0.2) is 5.82 Å². The number of methoxy groups -OCH3 is 1. The van der Waals surface area contributed by atoms with E-state index in [4.69, 9.17) is 21.4 Å². The van der Waals surface area contributed by atoms with Crippen molar-refractivity contribution in [2.45, 2.75) is 0 Å². The highest BCUT2D eigenvalue weighted by molar-refractivity contribution is 6.32. The number of halogens is 1. The summed E-state index contributed by atoms with van der Waals surface area (Å²) in [6.45, 7) is 0.975. The molecule has 19 heavy (non-hydrogen) atoms. The normalized spacial score (nSPS) is 10.6. The van der Waals surface area contributed by atoms with Gasteiger partial charge in [-0.2, -0.15) is 4.98 Å². The molecule has 1 aromatic rings. The number of carboxylic acid groups (broad SMARTS) is 1. The Bertz CT molecular complexity index is 442. The number of aromatic nitrogens is 2. The van der Waals surface area contributed by atoms with E-state index in [1.807, 2.05) is 19.0 Å². The molecule has 0 saturated carbocycles. The Kier molecular flexibility index (Phi) is 5.78. The molecule has 0 spiro atoms. The molecule has 0 radical (unpaired) electrons. The van der Waals surface area contributed by atoms with Crippen LogP contribution in [-0.2, 0) is 4.79 Å². The molecule has 0 aliphatic carbocycles. The molecule has 8 heteroatoms. The van der Waals surface area contributed by atoms with E-state index < -0.39 is 5.97 Å². The lowest BCUT2D eigenvalue weighted by Crippen LogP contribution is -2.36. The Morgan fingerprint density at radius 3 is 2.68 bits per heavy atom. The highest BCUT2D eigenvalue weighted by Crippen LogP contribution is 2.24. The molecular weight excluding hydrogens is 272 g/mol. The summed E-state index contributed by atoms with van der Waals surface area (Å²) >= 11 is 6.02. The van der Waals surface area contributed by atoms with Crippen LogP contribution in [0.2, 0.25) is 5.02 Å². The van der Waals surface area contributed by atoms with E-state index in [2.05, 4.69) is 9.97 Å². The number of carbonyl (C=O) groups is 1. The number of hydrogen-bond acceptors (Lipinski definition) is 6. The topological polar surface area (TPSA) is 78.8 Å². The van der Waals surface area contributed by atoms with Gasteiger partial charge in [-0.1, -0.05) is 11.6 Å². The Hall–Kier alpha value is -1.60. The first-order chi connectivity index (χ1) is 8.93. The number of ether oxygens (including phenoxy) is 1. The van der Waals surface area contributed by atoms with E-state index in [0.717, 1.165) is 0 Å². The van der Waals surface area contributed by atoms with Gasteiger partial charge in [0.25, 0.3) is 0 Å². The van der Waals surface area contributed by atoms with Gasteiger partial charge in [-0.15, -0.1) is 0 Å². The number of anilines is 1. The van der Waals surface area contributed by atoms with Crippen LogP contribution < -0.4 is 9.64 Å². The molecule has 0 aliphatic rings. The molecule has 0 atom stereocenters. The predicted octanol–water partition coefficient (Wildman–Crippen LogP) is 0.591. The molecule has 106 valence electrons. The predicted molar refractivity (Wildman–Crippen MR) is 72.0 cm³/mol. The quantitative estimate of drug-likeness (QED) is 0.786. The third-order valence-electron chi connectivity index (χ3n) is 2.33. The summed E-state index contributed by atoms with van der Waals surface area (Å²) in [5, 5.41) is 9.25. The number of aliphatic carboxylic acids is 1. The second kappa shape index (κ2) is 7.10. The van der Waals surface area contributed by atoms with Gasteiger partial charge in [0.1, 0.15) is 11.6 Å². The first-order valence-electron chi connectivity index (χ1n) is 5.62. The highest BCUT2D eigenvalue weighted by Gasteiger charge is 2.17. The molecule has 1 rings (SSSR count). The summed E-state index contributed by atoms with van der Waals surface area (Å²) in [5.74, 6) is -0.592. The van der Waals surface area contributed by atoms with Crippen molar-refractivity contribution < 1.29 is 14.6 Å². The van der Waals surface area contributed by atoms with Crippen molar-refractivity contribution in [3.63, 3.8) is 0 Å². The standard InChI is InChI=1S/C11H17ClN4O3/c1-15(2)4-5-16(7-9(17)18)10-8(12)6-13-11(14-10)19-3/h6H,4-5,7H2,1-3H3,(H,17,18). The lowest BCUT2D eigenvalue weighted by Gasteiger charge is -2.24. The molecule has 0 aliphatic heterocycles. The number of nitrogens with zero attached hydrogens (tertiary/aromatic N) is 4. The lowest BCUT2D eigenvalue weighted by molar-refractivity contribution is -0.135. The molecule has 1 heterocycles. The maximum absolute atomic E-state index is 10.9.